The maximum absolute atomic E-state index is 2.47. The van der Waals surface area contributed by atoms with Gasteiger partial charge in [-0.15, -0.1) is 0 Å². The molecule has 0 amide bonds. The average Bonchev–Trinajstić information content (AvgIpc) is 2.73. The van der Waals surface area contributed by atoms with Crippen molar-refractivity contribution in [1.29, 1.82) is 0 Å². The molecular formula is C32H42. The third-order valence-corrected chi connectivity index (χ3v) is 6.96. The normalized spacial score (nSPS) is 13.2. The van der Waals surface area contributed by atoms with E-state index in [1.807, 2.05) is 0 Å². The molecule has 0 radical (unpaired) electrons. The van der Waals surface area contributed by atoms with E-state index in [1.54, 1.807) is 11.1 Å². The molecular weight excluding hydrogens is 384 g/mol. The SMILES string of the molecule is Cc1cccc(CC(C)CCc2cc(C)c(C)cc2CCC(C)Cc2cccc(C)c2)c1. The second-order valence-corrected chi connectivity index (χ2v) is 10.4. The number of rotatable bonds is 10. The smallest absolute Gasteiger partial charge is 0.0253 e. The van der Waals surface area contributed by atoms with E-state index in [0.29, 0.717) is 11.8 Å². The van der Waals surface area contributed by atoms with Crippen LogP contribution in [-0.2, 0) is 25.7 Å². The molecule has 0 saturated carbocycles. The standard InChI is InChI=1S/C32H42/c1-23-9-7-11-29(17-23)19-25(3)13-15-31-21-27(5)28(6)22-32(31)16-14-26(4)20-30-12-8-10-24(2)18-30/h7-12,17-18,21-22,25-26H,13-16,19-20H2,1-6H3. The summed E-state index contributed by atoms with van der Waals surface area (Å²) in [5.41, 5.74) is 11.7. The van der Waals surface area contributed by atoms with Crippen LogP contribution in [-0.4, -0.2) is 0 Å². The Morgan fingerprint density at radius 2 is 0.969 bits per heavy atom. The highest BCUT2D eigenvalue weighted by Gasteiger charge is 2.12. The van der Waals surface area contributed by atoms with Crippen LogP contribution in [0.4, 0.5) is 0 Å². The van der Waals surface area contributed by atoms with Crippen LogP contribution in [0.1, 0.15) is 71.2 Å². The Morgan fingerprint density at radius 1 is 0.562 bits per heavy atom. The number of hydrogen-bond acceptors (Lipinski definition) is 0. The lowest BCUT2D eigenvalue weighted by atomic mass is 9.87. The molecule has 0 aliphatic rings. The van der Waals surface area contributed by atoms with Crippen LogP contribution in [0.15, 0.2) is 60.7 Å². The van der Waals surface area contributed by atoms with Crippen LogP contribution < -0.4 is 0 Å². The summed E-state index contributed by atoms with van der Waals surface area (Å²) in [5, 5.41) is 0. The molecule has 3 aromatic carbocycles. The first-order valence-electron chi connectivity index (χ1n) is 12.5. The molecule has 32 heavy (non-hydrogen) atoms. The van der Waals surface area contributed by atoms with Crippen molar-refractivity contribution in [2.24, 2.45) is 11.8 Å². The van der Waals surface area contributed by atoms with Crippen molar-refractivity contribution in [3.8, 4) is 0 Å². The van der Waals surface area contributed by atoms with Crippen LogP contribution >= 0.6 is 0 Å². The van der Waals surface area contributed by atoms with Gasteiger partial charge in [-0.05, 0) is 111 Å². The quantitative estimate of drug-likeness (QED) is 0.305. The molecule has 0 N–H and O–H groups in total. The minimum Gasteiger partial charge on any atom is -0.0622 e. The van der Waals surface area contributed by atoms with E-state index in [1.165, 1.54) is 71.9 Å². The second kappa shape index (κ2) is 11.5. The van der Waals surface area contributed by atoms with Crippen molar-refractivity contribution in [3.05, 3.63) is 105 Å². The van der Waals surface area contributed by atoms with Gasteiger partial charge < -0.3 is 0 Å². The topological polar surface area (TPSA) is 0 Å². The summed E-state index contributed by atoms with van der Waals surface area (Å²) in [6.07, 6.45) is 7.24. The Bertz CT molecular complexity index is 928. The van der Waals surface area contributed by atoms with E-state index in [0.717, 1.165) is 0 Å². The van der Waals surface area contributed by atoms with Crippen molar-refractivity contribution < 1.29 is 0 Å². The van der Waals surface area contributed by atoms with Crippen molar-refractivity contribution >= 4 is 0 Å². The van der Waals surface area contributed by atoms with E-state index in [4.69, 9.17) is 0 Å². The van der Waals surface area contributed by atoms with Crippen molar-refractivity contribution in [2.45, 2.75) is 80.1 Å². The highest BCUT2D eigenvalue weighted by molar-refractivity contribution is 5.37. The van der Waals surface area contributed by atoms with Gasteiger partial charge in [0.05, 0.1) is 0 Å². The van der Waals surface area contributed by atoms with Crippen LogP contribution in [0.5, 0.6) is 0 Å². The molecule has 0 spiro atoms. The van der Waals surface area contributed by atoms with Crippen molar-refractivity contribution in [1.82, 2.24) is 0 Å². The Morgan fingerprint density at radius 3 is 1.34 bits per heavy atom. The molecule has 2 atom stereocenters. The number of benzene rings is 3. The molecule has 0 bridgehead atoms. The monoisotopic (exact) mass is 426 g/mol. The lowest BCUT2D eigenvalue weighted by Crippen LogP contribution is -2.07. The zero-order valence-corrected chi connectivity index (χ0v) is 21.2. The fourth-order valence-corrected chi connectivity index (χ4v) is 4.89. The van der Waals surface area contributed by atoms with Gasteiger partial charge in [0.25, 0.3) is 0 Å². The molecule has 0 nitrogen and oxygen atoms in total. The van der Waals surface area contributed by atoms with Crippen molar-refractivity contribution in [2.75, 3.05) is 0 Å². The van der Waals surface area contributed by atoms with Gasteiger partial charge in [0, 0.05) is 0 Å². The van der Waals surface area contributed by atoms with Gasteiger partial charge in [-0.25, -0.2) is 0 Å². The predicted molar refractivity (Wildman–Crippen MR) is 141 cm³/mol. The first kappa shape index (κ1) is 24.3. The molecule has 170 valence electrons. The van der Waals surface area contributed by atoms with Crippen molar-refractivity contribution in [3.63, 3.8) is 0 Å². The van der Waals surface area contributed by atoms with Gasteiger partial charge >= 0.3 is 0 Å². The molecule has 0 heteroatoms. The first-order valence-corrected chi connectivity index (χ1v) is 12.5. The zero-order valence-electron chi connectivity index (χ0n) is 21.2. The number of aryl methyl sites for hydroxylation is 6. The maximum atomic E-state index is 2.47. The summed E-state index contributed by atoms with van der Waals surface area (Å²) in [4.78, 5) is 0. The fourth-order valence-electron chi connectivity index (χ4n) is 4.89. The van der Waals surface area contributed by atoms with Gasteiger partial charge in [-0.1, -0.05) is 85.6 Å². The lowest BCUT2D eigenvalue weighted by molar-refractivity contribution is 0.518. The maximum Gasteiger partial charge on any atom is -0.0253 e. The molecule has 0 heterocycles. The highest BCUT2D eigenvalue weighted by atomic mass is 14.2. The largest absolute Gasteiger partial charge is 0.0622 e. The van der Waals surface area contributed by atoms with E-state index in [2.05, 4.69) is 102 Å². The summed E-state index contributed by atoms with van der Waals surface area (Å²) in [5.74, 6) is 1.40. The van der Waals surface area contributed by atoms with E-state index in [-0.39, 0.29) is 0 Å². The van der Waals surface area contributed by atoms with Crippen LogP contribution in [0.3, 0.4) is 0 Å². The molecule has 3 aromatic rings. The fraction of sp³-hybridized carbons (Fsp3) is 0.438. The van der Waals surface area contributed by atoms with E-state index >= 15 is 0 Å². The second-order valence-electron chi connectivity index (χ2n) is 10.4. The first-order chi connectivity index (χ1) is 15.3. The van der Waals surface area contributed by atoms with E-state index < -0.39 is 0 Å². The summed E-state index contributed by atoms with van der Waals surface area (Å²) in [6.45, 7) is 13.7. The van der Waals surface area contributed by atoms with Crippen LogP contribution in [0.25, 0.3) is 0 Å². The third kappa shape index (κ3) is 7.37. The van der Waals surface area contributed by atoms with Gasteiger partial charge in [0.2, 0.25) is 0 Å². The molecule has 0 aromatic heterocycles. The van der Waals surface area contributed by atoms with Gasteiger partial charge in [-0.3, -0.25) is 0 Å². The summed E-state index contributed by atoms with van der Waals surface area (Å²) in [6, 6.07) is 22.9. The Hall–Kier alpha value is -2.34. The molecule has 0 fully saturated rings. The summed E-state index contributed by atoms with van der Waals surface area (Å²) >= 11 is 0. The average molecular weight is 427 g/mol. The minimum atomic E-state index is 0.700. The molecule has 3 rings (SSSR count). The third-order valence-electron chi connectivity index (χ3n) is 6.96. The lowest BCUT2D eigenvalue weighted by Gasteiger charge is -2.18. The zero-order chi connectivity index (χ0) is 23.1. The molecule has 0 saturated heterocycles. The Balaban J connectivity index is 1.60. The minimum absolute atomic E-state index is 0.700. The van der Waals surface area contributed by atoms with Gasteiger partial charge in [0.1, 0.15) is 0 Å². The predicted octanol–water partition coefficient (Wildman–Crippen LogP) is 8.54. The van der Waals surface area contributed by atoms with Crippen LogP contribution in [0.2, 0.25) is 0 Å². The number of hydrogen-bond donors (Lipinski definition) is 0. The van der Waals surface area contributed by atoms with Gasteiger partial charge in [-0.2, -0.15) is 0 Å². The Kier molecular flexibility index (Phi) is 8.74. The Labute approximate surface area is 197 Å². The van der Waals surface area contributed by atoms with Crippen LogP contribution in [0, 0.1) is 39.5 Å². The molecule has 0 aliphatic heterocycles. The highest BCUT2D eigenvalue weighted by Crippen LogP contribution is 2.24. The summed E-state index contributed by atoms with van der Waals surface area (Å²) < 4.78 is 0. The van der Waals surface area contributed by atoms with E-state index in [9.17, 15) is 0 Å². The molecule has 0 aliphatic carbocycles. The molecule has 2 unspecified atom stereocenters. The summed E-state index contributed by atoms with van der Waals surface area (Å²) in [7, 11) is 0. The van der Waals surface area contributed by atoms with Gasteiger partial charge in [0.15, 0.2) is 0 Å².